The van der Waals surface area contributed by atoms with Gasteiger partial charge in [0.15, 0.2) is 0 Å². The van der Waals surface area contributed by atoms with Gasteiger partial charge in [-0.25, -0.2) is 9.37 Å². The number of halogens is 1. The van der Waals surface area contributed by atoms with E-state index in [4.69, 9.17) is 0 Å². The molecule has 2 heterocycles. The van der Waals surface area contributed by atoms with E-state index in [2.05, 4.69) is 25.6 Å². The maximum absolute atomic E-state index is 13.0. The topological polar surface area (TPSA) is 62.7 Å². The van der Waals surface area contributed by atoms with E-state index >= 15 is 0 Å². The number of rotatable bonds is 6. The average molecular weight is 359 g/mol. The first-order chi connectivity index (χ1) is 13.3. The molecule has 0 atom stereocenters. The fourth-order valence-electron chi connectivity index (χ4n) is 2.83. The van der Waals surface area contributed by atoms with Gasteiger partial charge in [-0.1, -0.05) is 30.3 Å². The maximum Gasteiger partial charge on any atom is 0.229 e. The number of fused-ring (bicyclic) bond motifs is 1. The second kappa shape index (κ2) is 7.78. The Balaban J connectivity index is 1.43. The van der Waals surface area contributed by atoms with E-state index in [1.807, 2.05) is 36.4 Å². The number of anilines is 3. The van der Waals surface area contributed by atoms with Gasteiger partial charge in [0.1, 0.15) is 11.6 Å². The maximum atomic E-state index is 13.0. The summed E-state index contributed by atoms with van der Waals surface area (Å²) in [6, 6.07) is 18.2. The van der Waals surface area contributed by atoms with Gasteiger partial charge >= 0.3 is 0 Å². The first-order valence-corrected chi connectivity index (χ1v) is 8.70. The minimum Gasteiger partial charge on any atom is -0.370 e. The second-order valence-corrected chi connectivity index (χ2v) is 6.07. The molecule has 0 bridgehead atoms. The van der Waals surface area contributed by atoms with Crippen LogP contribution in [0, 0.1) is 5.82 Å². The Morgan fingerprint density at radius 2 is 1.70 bits per heavy atom. The molecule has 134 valence electrons. The van der Waals surface area contributed by atoms with E-state index in [-0.39, 0.29) is 5.82 Å². The number of hydrogen-bond acceptors (Lipinski definition) is 5. The quantitative estimate of drug-likeness (QED) is 0.528. The van der Waals surface area contributed by atoms with Crippen LogP contribution in [0.2, 0.25) is 0 Å². The largest absolute Gasteiger partial charge is 0.370 e. The van der Waals surface area contributed by atoms with Crippen LogP contribution in [0.25, 0.3) is 10.9 Å². The van der Waals surface area contributed by atoms with Crippen LogP contribution in [0.15, 0.2) is 73.1 Å². The molecule has 0 unspecified atom stereocenters. The highest BCUT2D eigenvalue weighted by Gasteiger charge is 2.05. The number of pyridine rings is 1. The Morgan fingerprint density at radius 1 is 0.852 bits per heavy atom. The summed E-state index contributed by atoms with van der Waals surface area (Å²) in [5.74, 6) is 1.00. The molecule has 6 heteroatoms. The lowest BCUT2D eigenvalue weighted by atomic mass is 10.1. The van der Waals surface area contributed by atoms with Gasteiger partial charge in [0.05, 0.1) is 11.2 Å². The third-order valence-corrected chi connectivity index (χ3v) is 4.17. The Morgan fingerprint density at radius 3 is 2.59 bits per heavy atom. The van der Waals surface area contributed by atoms with E-state index in [0.717, 1.165) is 34.4 Å². The predicted octanol–water partition coefficient (Wildman–Crippen LogP) is 4.56. The minimum absolute atomic E-state index is 0.221. The van der Waals surface area contributed by atoms with E-state index in [1.54, 1.807) is 24.5 Å². The summed E-state index contributed by atoms with van der Waals surface area (Å²) in [7, 11) is 0. The van der Waals surface area contributed by atoms with E-state index in [0.29, 0.717) is 12.5 Å². The number of para-hydroxylation sites is 1. The molecule has 0 fully saturated rings. The first-order valence-electron chi connectivity index (χ1n) is 8.70. The number of nitrogens with zero attached hydrogens (tertiary/aromatic N) is 3. The normalized spacial score (nSPS) is 10.7. The van der Waals surface area contributed by atoms with Gasteiger partial charge in [-0.15, -0.1) is 0 Å². The Bertz CT molecular complexity index is 1040. The lowest BCUT2D eigenvalue weighted by Crippen LogP contribution is -2.08. The highest BCUT2D eigenvalue weighted by molar-refractivity contribution is 5.91. The van der Waals surface area contributed by atoms with E-state index in [1.165, 1.54) is 12.1 Å². The fourth-order valence-corrected chi connectivity index (χ4v) is 2.83. The molecule has 2 aromatic carbocycles. The van der Waals surface area contributed by atoms with E-state index in [9.17, 15) is 4.39 Å². The number of hydrogen-bond donors (Lipinski definition) is 2. The Hall–Kier alpha value is -3.54. The highest BCUT2D eigenvalue weighted by Crippen LogP contribution is 2.23. The molecule has 5 nitrogen and oxygen atoms in total. The standard InChI is InChI=1S/C21H18FN5/c22-17-8-6-15(7-9-17)10-13-23-19-11-14-25-21(27-19)26-18-5-1-3-16-4-2-12-24-20(16)18/h1-9,11-12,14H,10,13H2,(H2,23,25,26,27). The minimum atomic E-state index is -0.221. The fraction of sp³-hybridized carbons (Fsp3) is 0.0952. The van der Waals surface area contributed by atoms with Crippen molar-refractivity contribution in [2.24, 2.45) is 0 Å². The monoisotopic (exact) mass is 359 g/mol. The van der Waals surface area contributed by atoms with Crippen LogP contribution in [0.5, 0.6) is 0 Å². The summed E-state index contributed by atoms with van der Waals surface area (Å²) in [6.07, 6.45) is 4.25. The van der Waals surface area contributed by atoms with Crippen molar-refractivity contribution in [3.8, 4) is 0 Å². The van der Waals surface area contributed by atoms with Crippen molar-refractivity contribution in [2.75, 3.05) is 17.2 Å². The molecule has 0 aliphatic carbocycles. The molecule has 0 amide bonds. The molecule has 2 N–H and O–H groups in total. The third kappa shape index (κ3) is 4.17. The van der Waals surface area contributed by atoms with Crippen LogP contribution in [0.3, 0.4) is 0 Å². The molecule has 0 radical (unpaired) electrons. The highest BCUT2D eigenvalue weighted by atomic mass is 19.1. The smallest absolute Gasteiger partial charge is 0.229 e. The van der Waals surface area contributed by atoms with Crippen LogP contribution in [0.4, 0.5) is 21.8 Å². The molecule has 4 aromatic rings. The van der Waals surface area contributed by atoms with Crippen molar-refractivity contribution in [2.45, 2.75) is 6.42 Å². The molecule has 4 rings (SSSR count). The van der Waals surface area contributed by atoms with Crippen LogP contribution >= 0.6 is 0 Å². The van der Waals surface area contributed by atoms with Crippen molar-refractivity contribution < 1.29 is 4.39 Å². The van der Waals surface area contributed by atoms with Crippen LogP contribution in [0.1, 0.15) is 5.56 Å². The summed E-state index contributed by atoms with van der Waals surface area (Å²) in [5, 5.41) is 7.56. The van der Waals surface area contributed by atoms with E-state index < -0.39 is 0 Å². The van der Waals surface area contributed by atoms with Crippen LogP contribution < -0.4 is 10.6 Å². The van der Waals surface area contributed by atoms with Crippen molar-refractivity contribution in [3.05, 3.63) is 84.4 Å². The molecular formula is C21H18FN5. The van der Waals surface area contributed by atoms with Crippen molar-refractivity contribution in [1.82, 2.24) is 15.0 Å². The van der Waals surface area contributed by atoms with Crippen molar-refractivity contribution in [1.29, 1.82) is 0 Å². The summed E-state index contributed by atoms with van der Waals surface area (Å²) in [5.41, 5.74) is 2.80. The molecule has 0 aliphatic rings. The zero-order valence-electron chi connectivity index (χ0n) is 14.6. The van der Waals surface area contributed by atoms with Gasteiger partial charge < -0.3 is 10.6 Å². The van der Waals surface area contributed by atoms with Gasteiger partial charge in [0.2, 0.25) is 5.95 Å². The molecule has 0 aliphatic heterocycles. The molecule has 0 saturated carbocycles. The number of benzene rings is 2. The lowest BCUT2D eigenvalue weighted by Gasteiger charge is -2.10. The molecule has 2 aromatic heterocycles. The zero-order valence-corrected chi connectivity index (χ0v) is 14.6. The van der Waals surface area contributed by atoms with Gasteiger partial charge in [0, 0.05) is 24.3 Å². The number of aromatic nitrogens is 3. The molecule has 0 spiro atoms. The summed E-state index contributed by atoms with van der Waals surface area (Å²) < 4.78 is 13.0. The Labute approximate surface area is 156 Å². The SMILES string of the molecule is Fc1ccc(CCNc2ccnc(Nc3cccc4cccnc34)n2)cc1. The number of nitrogens with one attached hydrogen (secondary N) is 2. The van der Waals surface area contributed by atoms with Gasteiger partial charge in [-0.2, -0.15) is 4.98 Å². The summed E-state index contributed by atoms with van der Waals surface area (Å²) in [6.45, 7) is 0.692. The Kier molecular flexibility index (Phi) is 4.87. The van der Waals surface area contributed by atoms with Crippen molar-refractivity contribution >= 4 is 28.4 Å². The van der Waals surface area contributed by atoms with Crippen molar-refractivity contribution in [3.63, 3.8) is 0 Å². The summed E-state index contributed by atoms with van der Waals surface area (Å²) in [4.78, 5) is 13.2. The van der Waals surface area contributed by atoms with Crippen LogP contribution in [-0.2, 0) is 6.42 Å². The summed E-state index contributed by atoms with van der Waals surface area (Å²) >= 11 is 0. The molecule has 0 saturated heterocycles. The van der Waals surface area contributed by atoms with Gasteiger partial charge in [0.25, 0.3) is 0 Å². The second-order valence-electron chi connectivity index (χ2n) is 6.07. The van der Waals surface area contributed by atoms with Gasteiger partial charge in [-0.05, 0) is 42.3 Å². The van der Waals surface area contributed by atoms with Gasteiger partial charge in [-0.3, -0.25) is 4.98 Å². The molecular weight excluding hydrogens is 341 g/mol. The molecule has 27 heavy (non-hydrogen) atoms. The van der Waals surface area contributed by atoms with Crippen LogP contribution in [-0.4, -0.2) is 21.5 Å². The zero-order chi connectivity index (χ0) is 18.5. The predicted molar refractivity (Wildman–Crippen MR) is 106 cm³/mol. The third-order valence-electron chi connectivity index (χ3n) is 4.17. The first kappa shape index (κ1) is 16.9. The lowest BCUT2D eigenvalue weighted by molar-refractivity contribution is 0.627. The average Bonchev–Trinajstić information content (AvgIpc) is 2.70.